The van der Waals surface area contributed by atoms with E-state index in [9.17, 15) is 4.79 Å². The molecule has 0 aliphatic heterocycles. The molecule has 1 aromatic rings. The predicted molar refractivity (Wildman–Crippen MR) is 62.5 cm³/mol. The van der Waals surface area contributed by atoms with Crippen molar-refractivity contribution in [1.29, 1.82) is 0 Å². The number of hydrogen-bond acceptors (Lipinski definition) is 3. The zero-order chi connectivity index (χ0) is 11.1. The number of carboxylic acids is 1. The minimum atomic E-state index is -0.844. The van der Waals surface area contributed by atoms with E-state index in [1.165, 1.54) is 30.6 Å². The van der Waals surface area contributed by atoms with Crippen LogP contribution in [0.1, 0.15) is 41.4 Å². The minimum Gasteiger partial charge on any atom is -0.478 e. The van der Waals surface area contributed by atoms with Gasteiger partial charge in [-0.3, -0.25) is 0 Å². The highest BCUT2D eigenvalue weighted by Crippen LogP contribution is 2.14. The molecular formula is C11H17NO2S. The smallest absolute Gasteiger partial charge is 0.336 e. The maximum atomic E-state index is 10.6. The lowest BCUT2D eigenvalue weighted by Crippen LogP contribution is -2.13. The van der Waals surface area contributed by atoms with Gasteiger partial charge < -0.3 is 10.4 Å². The van der Waals surface area contributed by atoms with E-state index >= 15 is 0 Å². The molecule has 0 aliphatic carbocycles. The van der Waals surface area contributed by atoms with Crippen LogP contribution in [0.3, 0.4) is 0 Å². The van der Waals surface area contributed by atoms with E-state index in [-0.39, 0.29) is 0 Å². The van der Waals surface area contributed by atoms with Crippen LogP contribution >= 0.6 is 11.3 Å². The van der Waals surface area contributed by atoms with Crippen molar-refractivity contribution >= 4 is 17.3 Å². The number of hydrogen-bond donors (Lipinski definition) is 2. The highest BCUT2D eigenvalue weighted by molar-refractivity contribution is 7.10. The maximum absolute atomic E-state index is 10.6. The topological polar surface area (TPSA) is 49.3 Å². The Labute approximate surface area is 94.1 Å². The molecule has 4 heteroatoms. The van der Waals surface area contributed by atoms with E-state index in [1.54, 1.807) is 11.4 Å². The molecule has 0 aromatic carbocycles. The molecule has 1 heterocycles. The van der Waals surface area contributed by atoms with Crippen molar-refractivity contribution in [2.24, 2.45) is 0 Å². The van der Waals surface area contributed by atoms with Gasteiger partial charge in [0.15, 0.2) is 0 Å². The molecule has 2 N–H and O–H groups in total. The molecular weight excluding hydrogens is 210 g/mol. The molecule has 0 saturated heterocycles. The predicted octanol–water partition coefficient (Wildman–Crippen LogP) is 2.73. The lowest BCUT2D eigenvalue weighted by molar-refractivity contribution is 0.0697. The van der Waals surface area contributed by atoms with Crippen LogP contribution in [0.4, 0.5) is 0 Å². The quantitative estimate of drug-likeness (QED) is 0.704. The molecule has 0 aliphatic rings. The Hall–Kier alpha value is -0.870. The second-order valence-corrected chi connectivity index (χ2v) is 4.49. The molecule has 0 saturated carbocycles. The summed E-state index contributed by atoms with van der Waals surface area (Å²) in [5.41, 5.74) is 0.394. The third-order valence-electron chi connectivity index (χ3n) is 2.16. The van der Waals surface area contributed by atoms with Crippen LogP contribution in [-0.4, -0.2) is 17.6 Å². The van der Waals surface area contributed by atoms with Gasteiger partial charge in [0.1, 0.15) is 0 Å². The number of aromatic carboxylic acids is 1. The normalized spacial score (nSPS) is 10.5. The van der Waals surface area contributed by atoms with Crippen molar-refractivity contribution in [1.82, 2.24) is 5.32 Å². The molecule has 0 amide bonds. The number of unbranched alkanes of at least 4 members (excludes halogenated alkanes) is 2. The van der Waals surface area contributed by atoms with Gasteiger partial charge in [-0.05, 0) is 19.0 Å². The monoisotopic (exact) mass is 227 g/mol. The fourth-order valence-corrected chi connectivity index (χ4v) is 2.12. The summed E-state index contributed by atoms with van der Waals surface area (Å²) in [6.07, 6.45) is 3.66. The Morgan fingerprint density at radius 3 is 2.93 bits per heavy atom. The van der Waals surface area contributed by atoms with Crippen molar-refractivity contribution in [3.05, 3.63) is 21.9 Å². The van der Waals surface area contributed by atoms with Crippen molar-refractivity contribution in [3.8, 4) is 0 Å². The third-order valence-corrected chi connectivity index (χ3v) is 3.09. The second-order valence-electron chi connectivity index (χ2n) is 3.49. The Morgan fingerprint density at radius 1 is 1.53 bits per heavy atom. The van der Waals surface area contributed by atoms with E-state index < -0.39 is 5.97 Å². The number of thiophene rings is 1. The lowest BCUT2D eigenvalue weighted by atomic mass is 10.2. The molecule has 0 radical (unpaired) electrons. The van der Waals surface area contributed by atoms with E-state index in [1.807, 2.05) is 0 Å². The Kier molecular flexibility index (Phi) is 5.36. The number of nitrogens with one attached hydrogen (secondary N) is 1. The summed E-state index contributed by atoms with van der Waals surface area (Å²) in [6.45, 7) is 3.97. The van der Waals surface area contributed by atoms with Crippen molar-refractivity contribution in [2.75, 3.05) is 6.54 Å². The fourth-order valence-electron chi connectivity index (χ4n) is 1.30. The number of carbonyl (C=O) groups is 1. The molecule has 0 atom stereocenters. The van der Waals surface area contributed by atoms with Gasteiger partial charge in [-0.2, -0.15) is 0 Å². The zero-order valence-electron chi connectivity index (χ0n) is 8.95. The lowest BCUT2D eigenvalue weighted by Gasteiger charge is -2.01. The molecule has 0 spiro atoms. The second kappa shape index (κ2) is 6.58. The molecule has 84 valence electrons. The molecule has 0 fully saturated rings. The average molecular weight is 227 g/mol. The zero-order valence-corrected chi connectivity index (χ0v) is 9.77. The maximum Gasteiger partial charge on any atom is 0.336 e. The summed E-state index contributed by atoms with van der Waals surface area (Å²) in [7, 11) is 0. The Bertz CT molecular complexity index is 309. The number of rotatable bonds is 7. The van der Waals surface area contributed by atoms with Crippen LogP contribution in [0.15, 0.2) is 11.4 Å². The summed E-state index contributed by atoms with van der Waals surface area (Å²) in [4.78, 5) is 11.7. The van der Waals surface area contributed by atoms with E-state index in [0.717, 1.165) is 18.0 Å². The van der Waals surface area contributed by atoms with Gasteiger partial charge in [0.2, 0.25) is 0 Å². The summed E-state index contributed by atoms with van der Waals surface area (Å²) < 4.78 is 0. The molecule has 1 aromatic heterocycles. The van der Waals surface area contributed by atoms with Gasteiger partial charge in [-0.15, -0.1) is 11.3 Å². The van der Waals surface area contributed by atoms with Crippen molar-refractivity contribution in [2.45, 2.75) is 32.7 Å². The first-order valence-electron chi connectivity index (χ1n) is 5.25. The highest BCUT2D eigenvalue weighted by atomic mass is 32.1. The van der Waals surface area contributed by atoms with Crippen LogP contribution in [0.5, 0.6) is 0 Å². The SMILES string of the molecule is CCCCCNCc1cc(C(=O)O)cs1. The van der Waals surface area contributed by atoms with Gasteiger partial charge >= 0.3 is 5.97 Å². The van der Waals surface area contributed by atoms with Crippen molar-refractivity contribution in [3.63, 3.8) is 0 Å². The number of carboxylic acid groups (broad SMARTS) is 1. The summed E-state index contributed by atoms with van der Waals surface area (Å²) in [5, 5.41) is 13.7. The average Bonchev–Trinajstić information content (AvgIpc) is 2.66. The van der Waals surface area contributed by atoms with Crippen LogP contribution in [-0.2, 0) is 6.54 Å². The molecule has 3 nitrogen and oxygen atoms in total. The van der Waals surface area contributed by atoms with E-state index in [4.69, 9.17) is 5.11 Å². The van der Waals surface area contributed by atoms with Gasteiger partial charge in [0.25, 0.3) is 0 Å². The van der Waals surface area contributed by atoms with E-state index in [2.05, 4.69) is 12.2 Å². The minimum absolute atomic E-state index is 0.394. The largest absolute Gasteiger partial charge is 0.478 e. The summed E-state index contributed by atoms with van der Waals surface area (Å²) in [6, 6.07) is 1.74. The first-order valence-corrected chi connectivity index (χ1v) is 6.13. The van der Waals surface area contributed by atoms with Gasteiger partial charge in [0.05, 0.1) is 5.56 Å². The van der Waals surface area contributed by atoms with E-state index in [0.29, 0.717) is 5.56 Å². The molecule has 1 rings (SSSR count). The molecule has 0 bridgehead atoms. The van der Waals surface area contributed by atoms with Gasteiger partial charge in [-0.25, -0.2) is 4.79 Å². The van der Waals surface area contributed by atoms with Crippen LogP contribution in [0, 0.1) is 0 Å². The van der Waals surface area contributed by atoms with Crippen LogP contribution in [0.2, 0.25) is 0 Å². The van der Waals surface area contributed by atoms with Crippen LogP contribution in [0.25, 0.3) is 0 Å². The first kappa shape index (κ1) is 12.2. The highest BCUT2D eigenvalue weighted by Gasteiger charge is 2.05. The Morgan fingerprint density at radius 2 is 2.33 bits per heavy atom. The summed E-state index contributed by atoms with van der Waals surface area (Å²) >= 11 is 1.50. The standard InChI is InChI=1S/C11H17NO2S/c1-2-3-4-5-12-7-10-6-9(8-15-10)11(13)14/h6,8,12H,2-5,7H2,1H3,(H,13,14). The summed E-state index contributed by atoms with van der Waals surface area (Å²) in [5.74, 6) is -0.844. The fraction of sp³-hybridized carbons (Fsp3) is 0.545. The van der Waals surface area contributed by atoms with Gasteiger partial charge in [0, 0.05) is 16.8 Å². The molecule has 15 heavy (non-hydrogen) atoms. The molecule has 0 unspecified atom stereocenters. The van der Waals surface area contributed by atoms with Crippen LogP contribution < -0.4 is 5.32 Å². The Balaban J connectivity index is 2.23. The van der Waals surface area contributed by atoms with Crippen molar-refractivity contribution < 1.29 is 9.90 Å². The first-order chi connectivity index (χ1) is 7.24. The van der Waals surface area contributed by atoms with Gasteiger partial charge in [-0.1, -0.05) is 19.8 Å². The third kappa shape index (κ3) is 4.44.